The second-order valence-corrected chi connectivity index (χ2v) is 7.99. The fraction of sp³-hybridized carbons (Fsp3) is 0.217. The number of hydrogen-bond acceptors (Lipinski definition) is 3. The molecule has 2 aromatic carbocycles. The van der Waals surface area contributed by atoms with Crippen LogP contribution in [0.3, 0.4) is 0 Å². The number of benzene rings is 2. The minimum absolute atomic E-state index is 0.0123. The number of thiophene rings is 1. The van der Waals surface area contributed by atoms with Crippen molar-refractivity contribution in [2.45, 2.75) is 26.2 Å². The zero-order valence-corrected chi connectivity index (χ0v) is 16.6. The number of aryl methyl sites for hydroxylation is 2. The second-order valence-electron chi connectivity index (χ2n) is 6.99. The van der Waals surface area contributed by atoms with Crippen LogP contribution in [-0.2, 0) is 6.42 Å². The quantitative estimate of drug-likeness (QED) is 0.660. The molecule has 0 radical (unpaired) electrons. The standard InChI is InChI=1S/C23H22N2O2S/c1-16-6-2-3-7-19(16)22(26)24-18-11-9-17(10-12-18)23(27)25-14-5-4-8-21-20(25)13-15-28-21/h2-3,6-7,9-13,15H,4-5,8,14H2,1H3,(H,24,26). The van der Waals surface area contributed by atoms with Gasteiger partial charge < -0.3 is 10.2 Å². The van der Waals surface area contributed by atoms with Gasteiger partial charge >= 0.3 is 0 Å². The molecule has 28 heavy (non-hydrogen) atoms. The van der Waals surface area contributed by atoms with Crippen LogP contribution in [-0.4, -0.2) is 18.4 Å². The molecule has 0 aliphatic carbocycles. The maximum atomic E-state index is 13.1. The summed E-state index contributed by atoms with van der Waals surface area (Å²) >= 11 is 1.72. The van der Waals surface area contributed by atoms with E-state index in [9.17, 15) is 9.59 Å². The first-order valence-electron chi connectivity index (χ1n) is 9.49. The lowest BCUT2D eigenvalue weighted by Gasteiger charge is -2.21. The smallest absolute Gasteiger partial charge is 0.258 e. The number of hydrogen-bond donors (Lipinski definition) is 1. The molecule has 1 aromatic heterocycles. The van der Waals surface area contributed by atoms with Crippen LogP contribution in [0, 0.1) is 6.92 Å². The van der Waals surface area contributed by atoms with Crippen LogP contribution >= 0.6 is 11.3 Å². The van der Waals surface area contributed by atoms with E-state index in [0.29, 0.717) is 16.8 Å². The molecule has 0 atom stereocenters. The zero-order valence-electron chi connectivity index (χ0n) is 15.8. The summed E-state index contributed by atoms with van der Waals surface area (Å²) in [5.41, 5.74) is 3.94. The van der Waals surface area contributed by atoms with Crippen molar-refractivity contribution in [1.29, 1.82) is 0 Å². The Balaban J connectivity index is 1.50. The van der Waals surface area contributed by atoms with Gasteiger partial charge in [0, 0.05) is 28.2 Å². The average molecular weight is 391 g/mol. The molecule has 1 aliphatic rings. The molecule has 0 unspecified atom stereocenters. The number of amides is 2. The van der Waals surface area contributed by atoms with Gasteiger partial charge in [-0.25, -0.2) is 0 Å². The summed E-state index contributed by atoms with van der Waals surface area (Å²) in [5, 5.41) is 4.96. The summed E-state index contributed by atoms with van der Waals surface area (Å²) < 4.78 is 0. The van der Waals surface area contributed by atoms with Crippen LogP contribution in [0.1, 0.15) is 44.0 Å². The summed E-state index contributed by atoms with van der Waals surface area (Å²) in [5.74, 6) is -0.133. The van der Waals surface area contributed by atoms with Gasteiger partial charge in [0.25, 0.3) is 11.8 Å². The van der Waals surface area contributed by atoms with Gasteiger partial charge in [-0.3, -0.25) is 9.59 Å². The number of nitrogens with zero attached hydrogens (tertiary/aromatic N) is 1. The minimum atomic E-state index is -0.146. The van der Waals surface area contributed by atoms with Gasteiger partial charge in [-0.1, -0.05) is 18.2 Å². The highest BCUT2D eigenvalue weighted by Crippen LogP contribution is 2.32. The number of anilines is 2. The van der Waals surface area contributed by atoms with Gasteiger partial charge in [0.05, 0.1) is 5.69 Å². The van der Waals surface area contributed by atoms with E-state index in [1.807, 2.05) is 36.1 Å². The van der Waals surface area contributed by atoms with Crippen molar-refractivity contribution < 1.29 is 9.59 Å². The molecule has 142 valence electrons. The summed E-state index contributed by atoms with van der Waals surface area (Å²) in [6.07, 6.45) is 3.17. The van der Waals surface area contributed by atoms with Crippen LogP contribution in [0.4, 0.5) is 11.4 Å². The van der Waals surface area contributed by atoms with E-state index in [1.54, 1.807) is 41.7 Å². The third-order valence-electron chi connectivity index (χ3n) is 5.07. The monoisotopic (exact) mass is 390 g/mol. The molecule has 0 fully saturated rings. The van der Waals surface area contributed by atoms with Gasteiger partial charge in [-0.2, -0.15) is 0 Å². The maximum Gasteiger partial charge on any atom is 0.258 e. The number of rotatable bonds is 3. The normalized spacial score (nSPS) is 13.5. The second kappa shape index (κ2) is 7.98. The predicted octanol–water partition coefficient (Wildman–Crippen LogP) is 5.29. The van der Waals surface area contributed by atoms with Crippen molar-refractivity contribution in [2.75, 3.05) is 16.8 Å². The average Bonchev–Trinajstić information content (AvgIpc) is 3.07. The Bertz CT molecular complexity index is 1010. The lowest BCUT2D eigenvalue weighted by molar-refractivity contribution is 0.0985. The van der Waals surface area contributed by atoms with E-state index in [0.717, 1.165) is 37.1 Å². The van der Waals surface area contributed by atoms with Crippen LogP contribution in [0.2, 0.25) is 0 Å². The Kier molecular flexibility index (Phi) is 5.26. The molecular formula is C23H22N2O2S. The van der Waals surface area contributed by atoms with E-state index < -0.39 is 0 Å². The van der Waals surface area contributed by atoms with Crippen molar-refractivity contribution in [3.63, 3.8) is 0 Å². The molecule has 4 nitrogen and oxygen atoms in total. The van der Waals surface area contributed by atoms with Gasteiger partial charge in [0.2, 0.25) is 0 Å². The zero-order chi connectivity index (χ0) is 19.5. The van der Waals surface area contributed by atoms with E-state index in [2.05, 4.69) is 10.7 Å². The maximum absolute atomic E-state index is 13.1. The lowest BCUT2D eigenvalue weighted by atomic mass is 10.1. The molecule has 0 spiro atoms. The molecule has 3 aromatic rings. The number of carbonyl (C=O) groups excluding carboxylic acids is 2. The SMILES string of the molecule is Cc1ccccc1C(=O)Nc1ccc(C(=O)N2CCCCc3sccc32)cc1. The highest BCUT2D eigenvalue weighted by atomic mass is 32.1. The Labute approximate surface area is 168 Å². The van der Waals surface area contributed by atoms with E-state index in [1.165, 1.54) is 4.88 Å². The number of nitrogens with one attached hydrogen (secondary N) is 1. The third-order valence-corrected chi connectivity index (χ3v) is 6.04. The van der Waals surface area contributed by atoms with E-state index in [4.69, 9.17) is 0 Å². The highest BCUT2D eigenvalue weighted by Gasteiger charge is 2.23. The molecule has 2 heterocycles. The molecule has 4 rings (SSSR count). The largest absolute Gasteiger partial charge is 0.322 e. The fourth-order valence-electron chi connectivity index (χ4n) is 3.53. The Morgan fingerprint density at radius 2 is 1.79 bits per heavy atom. The van der Waals surface area contributed by atoms with Crippen LogP contribution < -0.4 is 10.2 Å². The van der Waals surface area contributed by atoms with E-state index >= 15 is 0 Å². The number of carbonyl (C=O) groups is 2. The third kappa shape index (κ3) is 3.71. The molecule has 0 saturated carbocycles. The van der Waals surface area contributed by atoms with Crippen LogP contribution in [0.15, 0.2) is 60.0 Å². The van der Waals surface area contributed by atoms with Crippen molar-refractivity contribution in [3.05, 3.63) is 81.5 Å². The summed E-state index contributed by atoms with van der Waals surface area (Å²) in [6.45, 7) is 2.66. The Morgan fingerprint density at radius 3 is 2.57 bits per heavy atom. The van der Waals surface area contributed by atoms with Gasteiger partial charge in [-0.05, 0) is 73.5 Å². The lowest BCUT2D eigenvalue weighted by Crippen LogP contribution is -2.31. The van der Waals surface area contributed by atoms with Gasteiger partial charge in [-0.15, -0.1) is 11.3 Å². The minimum Gasteiger partial charge on any atom is -0.322 e. The summed E-state index contributed by atoms with van der Waals surface area (Å²) in [7, 11) is 0. The van der Waals surface area contributed by atoms with Crippen LogP contribution in [0.25, 0.3) is 0 Å². The van der Waals surface area contributed by atoms with Crippen LogP contribution in [0.5, 0.6) is 0 Å². The molecule has 1 N–H and O–H groups in total. The topological polar surface area (TPSA) is 49.4 Å². The van der Waals surface area contributed by atoms with Crippen molar-refractivity contribution >= 4 is 34.5 Å². The van der Waals surface area contributed by atoms with Crippen molar-refractivity contribution in [2.24, 2.45) is 0 Å². The number of fused-ring (bicyclic) bond motifs is 1. The van der Waals surface area contributed by atoms with Gasteiger partial charge in [0.15, 0.2) is 0 Å². The molecule has 5 heteroatoms. The molecule has 1 aliphatic heterocycles. The van der Waals surface area contributed by atoms with Crippen molar-refractivity contribution in [1.82, 2.24) is 0 Å². The summed E-state index contributed by atoms with van der Waals surface area (Å²) in [4.78, 5) is 28.7. The predicted molar refractivity (Wildman–Crippen MR) is 115 cm³/mol. The van der Waals surface area contributed by atoms with Crippen molar-refractivity contribution in [3.8, 4) is 0 Å². The highest BCUT2D eigenvalue weighted by molar-refractivity contribution is 7.10. The first kappa shape index (κ1) is 18.4. The molecule has 0 bridgehead atoms. The van der Waals surface area contributed by atoms with E-state index in [-0.39, 0.29) is 11.8 Å². The Hall–Kier alpha value is -2.92. The van der Waals surface area contributed by atoms with Gasteiger partial charge in [0.1, 0.15) is 0 Å². The molecule has 2 amide bonds. The first-order valence-corrected chi connectivity index (χ1v) is 10.4. The first-order chi connectivity index (χ1) is 13.6. The molecular weight excluding hydrogens is 368 g/mol. The molecule has 0 saturated heterocycles. The fourth-order valence-corrected chi connectivity index (χ4v) is 4.45. The summed E-state index contributed by atoms with van der Waals surface area (Å²) in [6, 6.07) is 16.7. The Morgan fingerprint density at radius 1 is 1.00 bits per heavy atom.